The predicted octanol–water partition coefficient (Wildman–Crippen LogP) is 5.77. The Morgan fingerprint density at radius 1 is 0.967 bits per heavy atom. The van der Waals surface area contributed by atoms with Gasteiger partial charge in [0.1, 0.15) is 0 Å². The van der Waals surface area contributed by atoms with Gasteiger partial charge in [-0.2, -0.15) is 4.98 Å². The lowest BCUT2D eigenvalue weighted by atomic mass is 10.1. The van der Waals surface area contributed by atoms with E-state index in [2.05, 4.69) is 15.5 Å². The van der Waals surface area contributed by atoms with Crippen molar-refractivity contribution in [3.05, 3.63) is 90.3 Å². The van der Waals surface area contributed by atoms with Crippen LogP contribution in [0.1, 0.15) is 17.9 Å². The van der Waals surface area contributed by atoms with Gasteiger partial charge in [0.25, 0.3) is 0 Å². The lowest BCUT2D eigenvalue weighted by Crippen LogP contribution is -2.13. The zero-order valence-corrected chi connectivity index (χ0v) is 17.4. The molecule has 4 rings (SSSR count). The van der Waals surface area contributed by atoms with Crippen molar-refractivity contribution in [1.29, 1.82) is 0 Å². The Morgan fingerprint density at radius 2 is 1.70 bits per heavy atom. The number of nitrogens with one attached hydrogen (secondary N) is 1. The van der Waals surface area contributed by atoms with Crippen LogP contribution in [0.4, 0.5) is 5.69 Å². The molecule has 0 radical (unpaired) electrons. The third-order valence-electron chi connectivity index (χ3n) is 4.48. The minimum atomic E-state index is -0.0915. The maximum atomic E-state index is 12.5. The van der Waals surface area contributed by atoms with Crippen LogP contribution in [0.3, 0.4) is 0 Å². The van der Waals surface area contributed by atoms with Gasteiger partial charge in [0, 0.05) is 28.2 Å². The maximum absolute atomic E-state index is 12.5. The van der Waals surface area contributed by atoms with Crippen LogP contribution < -0.4 is 5.32 Å². The molecule has 0 fully saturated rings. The van der Waals surface area contributed by atoms with E-state index in [4.69, 9.17) is 4.52 Å². The number of rotatable bonds is 7. The molecule has 0 spiro atoms. The van der Waals surface area contributed by atoms with E-state index in [-0.39, 0.29) is 12.3 Å². The molecule has 0 atom stereocenters. The second-order valence-electron chi connectivity index (χ2n) is 6.84. The van der Waals surface area contributed by atoms with Crippen LogP contribution in [0.5, 0.6) is 0 Å². The third kappa shape index (κ3) is 5.15. The van der Waals surface area contributed by atoms with Gasteiger partial charge in [-0.3, -0.25) is 4.79 Å². The molecule has 1 heterocycles. The minimum absolute atomic E-state index is 0.0915. The first-order valence-electron chi connectivity index (χ1n) is 9.69. The summed E-state index contributed by atoms with van der Waals surface area (Å²) in [4.78, 5) is 19.0. The second-order valence-corrected chi connectivity index (χ2v) is 7.95. The lowest BCUT2D eigenvalue weighted by Gasteiger charge is -2.10. The normalized spacial score (nSPS) is 10.7. The highest BCUT2D eigenvalue weighted by molar-refractivity contribution is 7.99. The smallest absolute Gasteiger partial charge is 0.227 e. The fraction of sp³-hybridized carbons (Fsp3) is 0.125. The van der Waals surface area contributed by atoms with Crippen LogP contribution in [0.2, 0.25) is 0 Å². The minimum Gasteiger partial charge on any atom is -0.339 e. The first-order chi connectivity index (χ1) is 14.7. The van der Waals surface area contributed by atoms with E-state index in [1.54, 1.807) is 11.8 Å². The van der Waals surface area contributed by atoms with E-state index in [1.165, 1.54) is 5.56 Å². The van der Waals surface area contributed by atoms with Crippen molar-refractivity contribution >= 4 is 23.4 Å². The van der Waals surface area contributed by atoms with Gasteiger partial charge in [0.05, 0.1) is 5.69 Å². The van der Waals surface area contributed by atoms with Gasteiger partial charge in [-0.15, -0.1) is 0 Å². The first kappa shape index (κ1) is 19.9. The highest BCUT2D eigenvalue weighted by atomic mass is 32.2. The molecule has 1 aromatic heterocycles. The fourth-order valence-electron chi connectivity index (χ4n) is 2.88. The largest absolute Gasteiger partial charge is 0.339 e. The number of carbonyl (C=O) groups excluding carboxylic acids is 1. The summed E-state index contributed by atoms with van der Waals surface area (Å²) in [6.07, 6.45) is 0.651. The summed E-state index contributed by atoms with van der Waals surface area (Å²) in [5.74, 6) is 0.897. The Morgan fingerprint density at radius 3 is 2.50 bits per heavy atom. The monoisotopic (exact) mass is 415 g/mol. The summed E-state index contributed by atoms with van der Waals surface area (Å²) in [6.45, 7) is 2.03. The van der Waals surface area contributed by atoms with Crippen molar-refractivity contribution in [3.8, 4) is 11.4 Å². The van der Waals surface area contributed by atoms with E-state index >= 15 is 0 Å². The molecule has 1 amide bonds. The number of hydrogen-bond acceptors (Lipinski definition) is 5. The molecule has 6 heteroatoms. The second kappa shape index (κ2) is 9.41. The van der Waals surface area contributed by atoms with Crippen LogP contribution in [-0.4, -0.2) is 16.0 Å². The highest BCUT2D eigenvalue weighted by Gasteiger charge is 2.12. The number of aromatic nitrogens is 2. The molecule has 0 unspecified atom stereocenters. The maximum Gasteiger partial charge on any atom is 0.227 e. The molecule has 0 aliphatic heterocycles. The third-order valence-corrected chi connectivity index (χ3v) is 5.56. The van der Waals surface area contributed by atoms with Gasteiger partial charge in [-0.25, -0.2) is 0 Å². The summed E-state index contributed by atoms with van der Waals surface area (Å²) in [5.41, 5.74) is 2.86. The lowest BCUT2D eigenvalue weighted by molar-refractivity contribution is -0.116. The zero-order valence-electron chi connectivity index (χ0n) is 16.5. The zero-order chi connectivity index (χ0) is 20.8. The molecule has 3 aromatic carbocycles. The van der Waals surface area contributed by atoms with Crippen LogP contribution in [0, 0.1) is 6.92 Å². The quantitative estimate of drug-likeness (QED) is 0.415. The number of carbonyl (C=O) groups is 1. The molecule has 150 valence electrons. The van der Waals surface area contributed by atoms with E-state index < -0.39 is 0 Å². The Balaban J connectivity index is 1.36. The van der Waals surface area contributed by atoms with Gasteiger partial charge in [-0.05, 0) is 31.2 Å². The highest BCUT2D eigenvalue weighted by Crippen LogP contribution is 2.33. The van der Waals surface area contributed by atoms with Gasteiger partial charge < -0.3 is 9.84 Å². The summed E-state index contributed by atoms with van der Waals surface area (Å²) in [6, 6.07) is 25.8. The van der Waals surface area contributed by atoms with Gasteiger partial charge >= 0.3 is 0 Å². The number of aryl methyl sites for hydroxylation is 2. The van der Waals surface area contributed by atoms with E-state index in [1.807, 2.05) is 85.8 Å². The summed E-state index contributed by atoms with van der Waals surface area (Å²) >= 11 is 1.62. The molecule has 0 aliphatic carbocycles. The van der Waals surface area contributed by atoms with Crippen LogP contribution >= 0.6 is 11.8 Å². The van der Waals surface area contributed by atoms with E-state index in [9.17, 15) is 4.79 Å². The van der Waals surface area contributed by atoms with Crippen molar-refractivity contribution in [2.45, 2.75) is 29.6 Å². The predicted molar refractivity (Wildman–Crippen MR) is 118 cm³/mol. The molecule has 4 aromatic rings. The van der Waals surface area contributed by atoms with Crippen LogP contribution in [0.15, 0.2) is 93.2 Å². The molecule has 1 N–H and O–H groups in total. The summed E-state index contributed by atoms with van der Waals surface area (Å²) in [5, 5.41) is 7.01. The molecular weight excluding hydrogens is 394 g/mol. The van der Waals surface area contributed by atoms with Gasteiger partial charge in [-0.1, -0.05) is 77.1 Å². The van der Waals surface area contributed by atoms with Crippen molar-refractivity contribution < 1.29 is 9.32 Å². The van der Waals surface area contributed by atoms with Crippen molar-refractivity contribution in [2.24, 2.45) is 0 Å². The molecule has 0 saturated carbocycles. The fourth-order valence-corrected chi connectivity index (χ4v) is 3.81. The van der Waals surface area contributed by atoms with Crippen LogP contribution in [-0.2, 0) is 11.2 Å². The Kier molecular flexibility index (Phi) is 6.25. The number of benzene rings is 3. The van der Waals surface area contributed by atoms with Gasteiger partial charge in [0.15, 0.2) is 0 Å². The average molecular weight is 416 g/mol. The first-order valence-corrected chi connectivity index (χ1v) is 10.5. The van der Waals surface area contributed by atoms with Crippen molar-refractivity contribution in [2.75, 3.05) is 5.32 Å². The molecular formula is C24H21N3O2S. The van der Waals surface area contributed by atoms with E-state index in [0.29, 0.717) is 18.1 Å². The Labute approximate surface area is 179 Å². The summed E-state index contributed by atoms with van der Waals surface area (Å²) in [7, 11) is 0. The molecule has 5 nitrogen and oxygen atoms in total. The Bertz CT molecular complexity index is 1120. The van der Waals surface area contributed by atoms with Crippen molar-refractivity contribution in [1.82, 2.24) is 10.1 Å². The standard InChI is InChI=1S/C24H21N3O2S/c1-17-11-13-18(14-12-17)24-26-23(29-27-24)16-15-22(28)25-20-9-5-6-10-21(20)30-19-7-3-2-4-8-19/h2-14H,15-16H2,1H3,(H,25,28). The number of amides is 1. The SMILES string of the molecule is Cc1ccc(-c2noc(CCC(=O)Nc3ccccc3Sc3ccccc3)n2)cc1. The summed E-state index contributed by atoms with van der Waals surface area (Å²) < 4.78 is 5.31. The average Bonchev–Trinajstić information content (AvgIpc) is 3.24. The van der Waals surface area contributed by atoms with Crippen LogP contribution in [0.25, 0.3) is 11.4 Å². The Hall–Kier alpha value is -3.38. The number of para-hydroxylation sites is 1. The number of hydrogen-bond donors (Lipinski definition) is 1. The number of nitrogens with zero attached hydrogens (tertiary/aromatic N) is 2. The molecule has 30 heavy (non-hydrogen) atoms. The topological polar surface area (TPSA) is 68.0 Å². The molecule has 0 bridgehead atoms. The van der Waals surface area contributed by atoms with Crippen molar-refractivity contribution in [3.63, 3.8) is 0 Å². The molecule has 0 saturated heterocycles. The number of anilines is 1. The van der Waals surface area contributed by atoms with E-state index in [0.717, 1.165) is 21.0 Å². The van der Waals surface area contributed by atoms with Gasteiger partial charge in [0.2, 0.25) is 17.6 Å². The molecule has 0 aliphatic rings.